The minimum Gasteiger partial charge on any atom is -0.402 e. The molecule has 3 heteroatoms. The molecule has 0 aromatic carbocycles. The van der Waals surface area contributed by atoms with Gasteiger partial charge in [-0.1, -0.05) is 0 Å². The van der Waals surface area contributed by atoms with Gasteiger partial charge in [-0.2, -0.15) is 0 Å². The molecule has 3 nitrogen and oxygen atoms in total. The van der Waals surface area contributed by atoms with Gasteiger partial charge in [0.2, 0.25) is 0 Å². The molecule has 0 amide bonds. The maximum Gasteiger partial charge on any atom is 0.187 e. The van der Waals surface area contributed by atoms with Gasteiger partial charge in [0, 0.05) is 11.3 Å². The van der Waals surface area contributed by atoms with Crippen molar-refractivity contribution in [3.63, 3.8) is 0 Å². The van der Waals surface area contributed by atoms with E-state index in [0.29, 0.717) is 0 Å². The van der Waals surface area contributed by atoms with Crippen molar-refractivity contribution in [3.8, 4) is 0 Å². The fourth-order valence-corrected chi connectivity index (χ4v) is 1.74. The normalized spacial score (nSPS) is 36.4. The number of allylic oxidation sites excluding steroid dienone is 1. The second-order valence-electron chi connectivity index (χ2n) is 3.43. The molecule has 2 rings (SSSR count). The summed E-state index contributed by atoms with van der Waals surface area (Å²) in [6.45, 7) is 1.90. The molecule has 1 fully saturated rings. The number of nitrogens with two attached hydrogens (primary N) is 1. The maximum atomic E-state index is 5.85. The Balaban J connectivity index is 2.01. The van der Waals surface area contributed by atoms with Crippen molar-refractivity contribution in [1.29, 1.82) is 0 Å². The van der Waals surface area contributed by atoms with Crippen molar-refractivity contribution in [2.45, 2.75) is 45.2 Å². The number of hydrogen-bond donors (Lipinski definition) is 1. The lowest BCUT2D eigenvalue weighted by Crippen LogP contribution is -2.41. The molecule has 0 spiro atoms. The summed E-state index contributed by atoms with van der Waals surface area (Å²) >= 11 is 0. The Labute approximate surface area is 72.5 Å². The Morgan fingerprint density at radius 3 is 2.50 bits per heavy atom. The summed E-state index contributed by atoms with van der Waals surface area (Å²) in [5.74, 6) is 0. The van der Waals surface area contributed by atoms with Crippen LogP contribution in [0, 0.1) is 0 Å². The third-order valence-electron chi connectivity index (χ3n) is 2.47. The van der Waals surface area contributed by atoms with E-state index in [1.807, 2.05) is 6.92 Å². The molecule has 0 saturated carbocycles. The predicted molar refractivity (Wildman–Crippen MR) is 45.1 cm³/mol. The molecular weight excluding hydrogens is 154 g/mol. The molecule has 1 heterocycles. The first-order valence-electron chi connectivity index (χ1n) is 4.55. The van der Waals surface area contributed by atoms with Crippen LogP contribution in [-0.2, 0) is 9.47 Å². The Bertz CT molecular complexity index is 207. The number of hydrogen-bond acceptors (Lipinski definition) is 3. The van der Waals surface area contributed by atoms with E-state index >= 15 is 0 Å². The van der Waals surface area contributed by atoms with Crippen LogP contribution in [0.5, 0.6) is 0 Å². The topological polar surface area (TPSA) is 44.5 Å². The summed E-state index contributed by atoms with van der Waals surface area (Å²) in [5.41, 5.74) is 8.02. The first kappa shape index (κ1) is 8.08. The van der Waals surface area contributed by atoms with Crippen LogP contribution in [0.2, 0.25) is 0 Å². The van der Waals surface area contributed by atoms with E-state index < -0.39 is 0 Å². The van der Waals surface area contributed by atoms with E-state index in [2.05, 4.69) is 0 Å². The van der Waals surface area contributed by atoms with Gasteiger partial charge in [-0.25, -0.2) is 0 Å². The number of rotatable bonds is 1. The standard InChI is InChI=1S/C9H15NO2/c1-6-11-9(12-6)7-4-2-3-5-8(7)10/h6,9H,2-5,10H2,1H3. The molecule has 0 aromatic heterocycles. The van der Waals surface area contributed by atoms with E-state index in [4.69, 9.17) is 15.2 Å². The zero-order valence-electron chi connectivity index (χ0n) is 7.38. The highest BCUT2D eigenvalue weighted by Gasteiger charge is 2.32. The highest BCUT2D eigenvalue weighted by Crippen LogP contribution is 2.31. The summed E-state index contributed by atoms with van der Waals surface area (Å²) in [6.07, 6.45) is 4.30. The van der Waals surface area contributed by atoms with Gasteiger partial charge in [-0.05, 0) is 32.6 Å². The molecule has 2 aliphatic rings. The first-order chi connectivity index (χ1) is 5.77. The average molecular weight is 169 g/mol. The van der Waals surface area contributed by atoms with Crippen molar-refractivity contribution in [2.24, 2.45) is 5.73 Å². The zero-order valence-corrected chi connectivity index (χ0v) is 7.38. The second kappa shape index (κ2) is 3.07. The summed E-state index contributed by atoms with van der Waals surface area (Å²) < 4.78 is 10.8. The molecule has 1 saturated heterocycles. The SMILES string of the molecule is CC1OC(C2=C(N)CCCC2)O1. The molecule has 0 bridgehead atoms. The van der Waals surface area contributed by atoms with Gasteiger partial charge in [-0.3, -0.25) is 0 Å². The minimum atomic E-state index is -0.125. The monoisotopic (exact) mass is 169 g/mol. The summed E-state index contributed by atoms with van der Waals surface area (Å²) in [4.78, 5) is 0. The van der Waals surface area contributed by atoms with E-state index in [9.17, 15) is 0 Å². The van der Waals surface area contributed by atoms with Crippen molar-refractivity contribution < 1.29 is 9.47 Å². The molecule has 68 valence electrons. The van der Waals surface area contributed by atoms with Gasteiger partial charge in [0.25, 0.3) is 0 Å². The molecule has 0 unspecified atom stereocenters. The van der Waals surface area contributed by atoms with Crippen LogP contribution in [0.3, 0.4) is 0 Å². The van der Waals surface area contributed by atoms with Gasteiger partial charge >= 0.3 is 0 Å². The predicted octanol–water partition coefficient (Wildman–Crippen LogP) is 1.49. The van der Waals surface area contributed by atoms with E-state index in [1.165, 1.54) is 18.4 Å². The third kappa shape index (κ3) is 1.34. The third-order valence-corrected chi connectivity index (χ3v) is 2.47. The molecular formula is C9H15NO2. The highest BCUT2D eigenvalue weighted by molar-refractivity contribution is 5.17. The summed E-state index contributed by atoms with van der Waals surface area (Å²) in [6, 6.07) is 0. The number of ether oxygens (including phenoxy) is 2. The van der Waals surface area contributed by atoms with Crippen molar-refractivity contribution in [2.75, 3.05) is 0 Å². The molecule has 0 atom stereocenters. The molecule has 1 aliphatic heterocycles. The molecule has 0 aromatic rings. The van der Waals surface area contributed by atoms with Crippen molar-refractivity contribution in [1.82, 2.24) is 0 Å². The Hall–Kier alpha value is -0.540. The smallest absolute Gasteiger partial charge is 0.187 e. The summed E-state index contributed by atoms with van der Waals surface area (Å²) in [7, 11) is 0. The zero-order chi connectivity index (χ0) is 8.55. The van der Waals surface area contributed by atoms with Crippen LogP contribution in [-0.4, -0.2) is 12.6 Å². The van der Waals surface area contributed by atoms with Gasteiger partial charge < -0.3 is 15.2 Å². The lowest BCUT2D eigenvalue weighted by molar-refractivity contribution is -0.360. The summed E-state index contributed by atoms with van der Waals surface area (Å²) in [5, 5.41) is 0. The van der Waals surface area contributed by atoms with Crippen LogP contribution in [0.15, 0.2) is 11.3 Å². The van der Waals surface area contributed by atoms with Crippen molar-refractivity contribution >= 4 is 0 Å². The second-order valence-corrected chi connectivity index (χ2v) is 3.43. The maximum absolute atomic E-state index is 5.85. The quantitative estimate of drug-likeness (QED) is 0.646. The lowest BCUT2D eigenvalue weighted by Gasteiger charge is -2.37. The van der Waals surface area contributed by atoms with Crippen LogP contribution in [0.1, 0.15) is 32.6 Å². The van der Waals surface area contributed by atoms with Crippen molar-refractivity contribution in [3.05, 3.63) is 11.3 Å². The van der Waals surface area contributed by atoms with Gasteiger partial charge in [0.05, 0.1) is 0 Å². The van der Waals surface area contributed by atoms with Gasteiger partial charge in [0.1, 0.15) is 0 Å². The Morgan fingerprint density at radius 1 is 1.25 bits per heavy atom. The van der Waals surface area contributed by atoms with E-state index in [0.717, 1.165) is 18.5 Å². The average Bonchev–Trinajstić information content (AvgIpc) is 2.01. The van der Waals surface area contributed by atoms with Gasteiger partial charge in [0.15, 0.2) is 12.6 Å². The molecule has 2 N–H and O–H groups in total. The minimum absolute atomic E-state index is 0.0442. The molecule has 0 radical (unpaired) electrons. The van der Waals surface area contributed by atoms with E-state index in [1.54, 1.807) is 0 Å². The largest absolute Gasteiger partial charge is 0.402 e. The first-order valence-corrected chi connectivity index (χ1v) is 4.55. The molecule has 1 aliphatic carbocycles. The fraction of sp³-hybridized carbons (Fsp3) is 0.778. The Morgan fingerprint density at radius 2 is 1.92 bits per heavy atom. The van der Waals surface area contributed by atoms with Gasteiger partial charge in [-0.15, -0.1) is 0 Å². The van der Waals surface area contributed by atoms with Crippen LogP contribution in [0.4, 0.5) is 0 Å². The molecule has 12 heavy (non-hydrogen) atoms. The fourth-order valence-electron chi connectivity index (χ4n) is 1.74. The Kier molecular flexibility index (Phi) is 2.07. The van der Waals surface area contributed by atoms with Crippen LogP contribution < -0.4 is 5.73 Å². The van der Waals surface area contributed by atoms with Crippen LogP contribution in [0.25, 0.3) is 0 Å². The van der Waals surface area contributed by atoms with Crippen LogP contribution >= 0.6 is 0 Å². The lowest BCUT2D eigenvalue weighted by atomic mass is 9.96. The highest BCUT2D eigenvalue weighted by atomic mass is 16.9. The van der Waals surface area contributed by atoms with E-state index in [-0.39, 0.29) is 12.6 Å².